The molecule has 0 aromatic carbocycles. The normalized spacial score (nSPS) is 16.6. The van der Waals surface area contributed by atoms with Crippen LogP contribution in [0.4, 0.5) is 52.7 Å². The van der Waals surface area contributed by atoms with Crippen LogP contribution in [0.15, 0.2) is 0 Å². The molecule has 0 amide bonds. The second-order valence-corrected chi connectivity index (χ2v) is 4.88. The highest BCUT2D eigenvalue weighted by molar-refractivity contribution is 5.09. The molecule has 1 unspecified atom stereocenters. The predicted octanol–water partition coefficient (Wildman–Crippen LogP) is 5.24. The van der Waals surface area contributed by atoms with Crippen LogP contribution in [-0.2, 0) is 4.74 Å². The van der Waals surface area contributed by atoms with Crippen LogP contribution in [0.25, 0.3) is 0 Å². The highest BCUT2D eigenvalue weighted by Gasteiger charge is 2.87. The van der Waals surface area contributed by atoms with Gasteiger partial charge in [0.15, 0.2) is 0 Å². The summed E-state index contributed by atoms with van der Waals surface area (Å²) in [5.74, 6) is -35.1. The van der Waals surface area contributed by atoms with Gasteiger partial charge in [-0.3, -0.25) is 0 Å². The van der Waals surface area contributed by atoms with Gasteiger partial charge in [-0.1, -0.05) is 6.92 Å². The Hall–Kier alpha value is -0.880. The molecular formula is C11H12F12O. The first-order valence-electron chi connectivity index (χ1n) is 6.19. The fourth-order valence-corrected chi connectivity index (χ4v) is 1.23. The van der Waals surface area contributed by atoms with E-state index in [1.54, 1.807) is 0 Å². The van der Waals surface area contributed by atoms with E-state index < -0.39 is 48.7 Å². The van der Waals surface area contributed by atoms with Gasteiger partial charge in [0.2, 0.25) is 0 Å². The van der Waals surface area contributed by atoms with Crippen molar-refractivity contribution in [3.63, 3.8) is 0 Å². The number of hydrogen-bond acceptors (Lipinski definition) is 1. The largest absolute Gasteiger partial charge is 0.384 e. The van der Waals surface area contributed by atoms with Gasteiger partial charge in [0.1, 0.15) is 6.61 Å². The minimum Gasteiger partial charge on any atom is -0.372 e. The molecule has 0 fully saturated rings. The molecule has 0 saturated heterocycles. The van der Waals surface area contributed by atoms with Crippen molar-refractivity contribution >= 4 is 0 Å². The van der Waals surface area contributed by atoms with Gasteiger partial charge >= 0.3 is 36.0 Å². The predicted molar refractivity (Wildman–Crippen MR) is 56.4 cm³/mol. The summed E-state index contributed by atoms with van der Waals surface area (Å²) < 4.78 is 157. The molecule has 1 atom stereocenters. The standard InChI is InChI=1S/C11H12F12O/c1-3-5(2)24-4-7(14,15)9(18,19)11(22,23)10(20,21)8(16,17)6(12)13/h5-6H,3-4H2,1-2H3. The van der Waals surface area contributed by atoms with Crippen molar-refractivity contribution in [3.05, 3.63) is 0 Å². The minimum atomic E-state index is -7.50. The van der Waals surface area contributed by atoms with Gasteiger partial charge in [-0.05, 0) is 13.3 Å². The molecule has 0 saturated carbocycles. The summed E-state index contributed by atoms with van der Waals surface area (Å²) in [6.45, 7) is -0.153. The number of hydrogen-bond donors (Lipinski definition) is 0. The molecule has 146 valence electrons. The van der Waals surface area contributed by atoms with E-state index in [9.17, 15) is 52.7 Å². The van der Waals surface area contributed by atoms with Gasteiger partial charge in [0.25, 0.3) is 0 Å². The molecule has 0 spiro atoms. The van der Waals surface area contributed by atoms with Crippen molar-refractivity contribution in [1.82, 2.24) is 0 Å². The average Bonchev–Trinajstić information content (AvgIpc) is 2.43. The van der Waals surface area contributed by atoms with Crippen LogP contribution in [-0.4, -0.2) is 48.7 Å². The number of alkyl halides is 12. The summed E-state index contributed by atoms with van der Waals surface area (Å²) >= 11 is 0. The van der Waals surface area contributed by atoms with Gasteiger partial charge in [-0.25, -0.2) is 8.78 Å². The van der Waals surface area contributed by atoms with Crippen molar-refractivity contribution in [2.75, 3.05) is 6.61 Å². The van der Waals surface area contributed by atoms with E-state index in [4.69, 9.17) is 0 Å². The van der Waals surface area contributed by atoms with E-state index in [1.807, 2.05) is 0 Å². The van der Waals surface area contributed by atoms with E-state index in [0.29, 0.717) is 0 Å². The average molecular weight is 388 g/mol. The number of ether oxygens (including phenoxy) is 1. The van der Waals surface area contributed by atoms with Crippen LogP contribution in [0.2, 0.25) is 0 Å². The van der Waals surface area contributed by atoms with Crippen molar-refractivity contribution in [2.24, 2.45) is 0 Å². The van der Waals surface area contributed by atoms with Crippen LogP contribution in [0.1, 0.15) is 20.3 Å². The van der Waals surface area contributed by atoms with E-state index >= 15 is 0 Å². The zero-order valence-corrected chi connectivity index (χ0v) is 12.0. The molecule has 0 aliphatic rings. The van der Waals surface area contributed by atoms with Gasteiger partial charge in [-0.15, -0.1) is 0 Å². The van der Waals surface area contributed by atoms with E-state index in [-0.39, 0.29) is 6.42 Å². The quantitative estimate of drug-likeness (QED) is 0.491. The zero-order valence-electron chi connectivity index (χ0n) is 12.0. The van der Waals surface area contributed by atoms with E-state index in [2.05, 4.69) is 4.74 Å². The maximum atomic E-state index is 13.2. The minimum absolute atomic E-state index is 0.0579. The third-order valence-corrected chi connectivity index (χ3v) is 3.06. The number of halogens is 12. The second kappa shape index (κ2) is 6.79. The summed E-state index contributed by atoms with van der Waals surface area (Å²) in [6.07, 6.45) is -6.74. The monoisotopic (exact) mass is 388 g/mol. The van der Waals surface area contributed by atoms with Crippen LogP contribution >= 0.6 is 0 Å². The Morgan fingerprint density at radius 2 is 1.17 bits per heavy atom. The summed E-state index contributed by atoms with van der Waals surface area (Å²) in [7, 11) is 0. The molecule has 24 heavy (non-hydrogen) atoms. The Kier molecular flexibility index (Phi) is 6.54. The molecule has 0 bridgehead atoms. The molecular weight excluding hydrogens is 376 g/mol. The highest BCUT2D eigenvalue weighted by atomic mass is 19.4. The molecule has 0 N–H and O–H groups in total. The first kappa shape index (κ1) is 23.1. The maximum Gasteiger partial charge on any atom is 0.384 e. The van der Waals surface area contributed by atoms with Gasteiger partial charge < -0.3 is 4.74 Å². The van der Waals surface area contributed by atoms with Crippen molar-refractivity contribution in [2.45, 2.75) is 62.4 Å². The summed E-state index contributed by atoms with van der Waals surface area (Å²) in [5.41, 5.74) is 0. The molecule has 0 aromatic heterocycles. The van der Waals surface area contributed by atoms with Crippen LogP contribution in [0, 0.1) is 0 Å². The molecule has 0 aliphatic heterocycles. The lowest BCUT2D eigenvalue weighted by Crippen LogP contribution is -2.69. The van der Waals surface area contributed by atoms with Gasteiger partial charge in [0.05, 0.1) is 6.10 Å². The second-order valence-electron chi connectivity index (χ2n) is 4.88. The smallest absolute Gasteiger partial charge is 0.372 e. The third-order valence-electron chi connectivity index (χ3n) is 3.06. The molecule has 1 nitrogen and oxygen atoms in total. The fraction of sp³-hybridized carbons (Fsp3) is 1.00. The Morgan fingerprint density at radius 3 is 1.50 bits per heavy atom. The lowest BCUT2D eigenvalue weighted by Gasteiger charge is -2.39. The van der Waals surface area contributed by atoms with Crippen molar-refractivity contribution < 1.29 is 57.4 Å². The topological polar surface area (TPSA) is 9.23 Å². The Balaban J connectivity index is 5.80. The number of rotatable bonds is 9. The van der Waals surface area contributed by atoms with E-state index in [0.717, 1.165) is 6.92 Å². The first-order valence-corrected chi connectivity index (χ1v) is 6.19. The van der Waals surface area contributed by atoms with Crippen LogP contribution in [0.5, 0.6) is 0 Å². The maximum absolute atomic E-state index is 13.2. The summed E-state index contributed by atoms with van der Waals surface area (Å²) in [4.78, 5) is 0. The first-order chi connectivity index (χ1) is 10.4. The van der Waals surface area contributed by atoms with Crippen molar-refractivity contribution in [1.29, 1.82) is 0 Å². The Labute approximate surface area is 127 Å². The zero-order chi connectivity index (χ0) is 19.8. The molecule has 0 radical (unpaired) electrons. The Bertz CT molecular complexity index is 419. The third kappa shape index (κ3) is 3.54. The van der Waals surface area contributed by atoms with E-state index in [1.165, 1.54) is 6.92 Å². The Morgan fingerprint density at radius 1 is 0.750 bits per heavy atom. The SMILES string of the molecule is CCC(C)OCC(F)(F)C(F)(F)C(F)(F)C(F)(F)C(F)(F)C(F)F. The molecule has 0 aromatic rings. The molecule has 13 heteroatoms. The van der Waals surface area contributed by atoms with Crippen LogP contribution < -0.4 is 0 Å². The summed E-state index contributed by atoms with van der Waals surface area (Å²) in [6, 6.07) is 0. The lowest BCUT2D eigenvalue weighted by molar-refractivity contribution is -0.415. The lowest BCUT2D eigenvalue weighted by atomic mass is 9.94. The highest BCUT2D eigenvalue weighted by Crippen LogP contribution is 2.58. The molecule has 0 rings (SSSR count). The van der Waals surface area contributed by atoms with Crippen LogP contribution in [0.3, 0.4) is 0 Å². The summed E-state index contributed by atoms with van der Waals surface area (Å²) in [5, 5.41) is 0. The molecule has 0 aliphatic carbocycles. The van der Waals surface area contributed by atoms with Crippen molar-refractivity contribution in [3.8, 4) is 0 Å². The van der Waals surface area contributed by atoms with Gasteiger partial charge in [-0.2, -0.15) is 43.9 Å². The molecule has 0 heterocycles. The fourth-order valence-electron chi connectivity index (χ4n) is 1.23. The van der Waals surface area contributed by atoms with Gasteiger partial charge in [0, 0.05) is 0 Å².